The molecule has 2 heterocycles. The smallest absolute Gasteiger partial charge is 0.419 e. The Morgan fingerprint density at radius 3 is 2.59 bits per heavy atom. The van der Waals surface area contributed by atoms with Crippen molar-refractivity contribution in [2.75, 3.05) is 7.11 Å². The fourth-order valence-electron chi connectivity index (χ4n) is 2.84. The van der Waals surface area contributed by atoms with Crippen molar-refractivity contribution in [1.29, 1.82) is 0 Å². The minimum absolute atomic E-state index is 0.0695. The number of ether oxygens (including phenoxy) is 2. The fraction of sp³-hybridized carbons (Fsp3) is 0.286. The van der Waals surface area contributed by atoms with E-state index in [9.17, 15) is 18.8 Å². The van der Waals surface area contributed by atoms with Gasteiger partial charge in [0.1, 0.15) is 17.8 Å². The number of ketones is 1. The van der Waals surface area contributed by atoms with Gasteiger partial charge in [0.2, 0.25) is 5.78 Å². The van der Waals surface area contributed by atoms with Crippen molar-refractivity contribution in [3.63, 3.8) is 0 Å². The number of hydrogen-bond donors (Lipinski definition) is 0. The van der Waals surface area contributed by atoms with Crippen LogP contribution in [0.1, 0.15) is 37.7 Å². The molecule has 7 nitrogen and oxygen atoms in total. The van der Waals surface area contributed by atoms with Crippen molar-refractivity contribution >= 4 is 28.7 Å². The van der Waals surface area contributed by atoms with Gasteiger partial charge in [0.05, 0.1) is 18.9 Å². The molecule has 0 radical (unpaired) electrons. The molecule has 3 rings (SSSR count). The van der Waals surface area contributed by atoms with Gasteiger partial charge in [0.15, 0.2) is 5.76 Å². The van der Waals surface area contributed by atoms with Gasteiger partial charge in [-0.05, 0) is 39.0 Å². The zero-order valence-corrected chi connectivity index (χ0v) is 16.4. The molecular formula is C21H20FNO6. The number of carbonyl (C=O) groups is 3. The summed E-state index contributed by atoms with van der Waals surface area (Å²) in [6.07, 6.45) is 1.56. The van der Waals surface area contributed by atoms with Crippen LogP contribution in [0, 0.1) is 5.82 Å². The average Bonchev–Trinajstić information content (AvgIpc) is 3.25. The third kappa shape index (κ3) is 4.21. The second-order valence-corrected chi connectivity index (χ2v) is 7.40. The van der Waals surface area contributed by atoms with Crippen LogP contribution in [0.15, 0.2) is 41.1 Å². The SMILES string of the molecule is COC(=O)CC(=O)c1cc(-c2cn(C(=O)OC(C)(C)C)c3cccc(F)c23)co1. The predicted octanol–water partition coefficient (Wildman–Crippen LogP) is 4.57. The standard InChI is InChI=1S/C21H20FNO6/c1-21(2,3)29-20(26)23-10-13(19-14(22)6-5-7-15(19)23)12-8-17(28-11-12)16(24)9-18(25)27-4/h5-8,10-11H,9H2,1-4H3. The number of hydrogen-bond acceptors (Lipinski definition) is 6. The monoisotopic (exact) mass is 401 g/mol. The second kappa shape index (κ2) is 7.54. The van der Waals surface area contributed by atoms with Crippen LogP contribution < -0.4 is 0 Å². The summed E-state index contributed by atoms with van der Waals surface area (Å²) in [4.78, 5) is 36.0. The number of nitrogens with zero attached hydrogens (tertiary/aromatic N) is 1. The van der Waals surface area contributed by atoms with E-state index in [1.807, 2.05) is 0 Å². The number of esters is 1. The lowest BCUT2D eigenvalue weighted by Gasteiger charge is -2.19. The number of rotatable bonds is 4. The van der Waals surface area contributed by atoms with Crippen LogP contribution in [0.5, 0.6) is 0 Å². The molecule has 0 aliphatic carbocycles. The summed E-state index contributed by atoms with van der Waals surface area (Å²) in [5.74, 6) is -1.87. The first-order chi connectivity index (χ1) is 13.6. The Morgan fingerprint density at radius 1 is 1.21 bits per heavy atom. The van der Waals surface area contributed by atoms with Gasteiger partial charge in [-0.3, -0.25) is 14.2 Å². The molecule has 0 bridgehead atoms. The Labute approximate surface area is 166 Å². The molecule has 152 valence electrons. The van der Waals surface area contributed by atoms with Gasteiger partial charge >= 0.3 is 12.1 Å². The van der Waals surface area contributed by atoms with Crippen LogP contribution in [-0.4, -0.2) is 35.1 Å². The molecule has 0 amide bonds. The molecule has 1 aromatic carbocycles. The van der Waals surface area contributed by atoms with Crippen LogP contribution in [0.4, 0.5) is 9.18 Å². The molecular weight excluding hydrogens is 381 g/mol. The highest BCUT2D eigenvalue weighted by Crippen LogP contribution is 2.34. The molecule has 0 fully saturated rings. The highest BCUT2D eigenvalue weighted by Gasteiger charge is 2.24. The van der Waals surface area contributed by atoms with E-state index in [1.165, 1.54) is 42.3 Å². The van der Waals surface area contributed by atoms with Crippen molar-refractivity contribution < 1.29 is 32.7 Å². The quantitative estimate of drug-likeness (QED) is 0.362. The fourth-order valence-corrected chi connectivity index (χ4v) is 2.84. The summed E-state index contributed by atoms with van der Waals surface area (Å²) >= 11 is 0. The number of methoxy groups -OCH3 is 1. The van der Waals surface area contributed by atoms with Crippen molar-refractivity contribution in [3.8, 4) is 11.1 Å². The van der Waals surface area contributed by atoms with Crippen LogP contribution in [-0.2, 0) is 14.3 Å². The van der Waals surface area contributed by atoms with Crippen molar-refractivity contribution in [3.05, 3.63) is 48.3 Å². The van der Waals surface area contributed by atoms with Gasteiger partial charge < -0.3 is 13.9 Å². The third-order valence-corrected chi connectivity index (χ3v) is 4.09. The van der Waals surface area contributed by atoms with Crippen molar-refractivity contribution in [1.82, 2.24) is 4.57 Å². The largest absolute Gasteiger partial charge is 0.469 e. The van der Waals surface area contributed by atoms with Crippen LogP contribution in [0.2, 0.25) is 0 Å². The number of benzene rings is 1. The average molecular weight is 401 g/mol. The predicted molar refractivity (Wildman–Crippen MR) is 102 cm³/mol. The summed E-state index contributed by atoms with van der Waals surface area (Å²) in [7, 11) is 1.18. The first-order valence-electron chi connectivity index (χ1n) is 8.82. The summed E-state index contributed by atoms with van der Waals surface area (Å²) < 4.78 is 30.9. The highest BCUT2D eigenvalue weighted by molar-refractivity contribution is 6.06. The zero-order chi connectivity index (χ0) is 21.3. The van der Waals surface area contributed by atoms with Crippen LogP contribution in [0.25, 0.3) is 22.0 Å². The molecule has 0 unspecified atom stereocenters. The Balaban J connectivity index is 2.06. The van der Waals surface area contributed by atoms with E-state index in [1.54, 1.807) is 26.8 Å². The first kappa shape index (κ1) is 20.3. The molecule has 0 saturated heterocycles. The topological polar surface area (TPSA) is 87.7 Å². The lowest BCUT2D eigenvalue weighted by atomic mass is 10.1. The number of carbonyl (C=O) groups excluding carboxylic acids is 3. The molecule has 0 aliphatic heterocycles. The number of Topliss-reactive ketones (excluding diaryl/α,β-unsaturated/α-hetero) is 1. The summed E-state index contributed by atoms with van der Waals surface area (Å²) in [6, 6.07) is 5.75. The van der Waals surface area contributed by atoms with Crippen molar-refractivity contribution in [2.24, 2.45) is 0 Å². The van der Waals surface area contributed by atoms with Gasteiger partial charge in [-0.2, -0.15) is 0 Å². The number of halogens is 1. The maximum absolute atomic E-state index is 14.6. The van der Waals surface area contributed by atoms with E-state index in [-0.39, 0.29) is 11.1 Å². The van der Waals surface area contributed by atoms with Gasteiger partial charge in [0.25, 0.3) is 0 Å². The molecule has 29 heavy (non-hydrogen) atoms. The highest BCUT2D eigenvalue weighted by atomic mass is 19.1. The van der Waals surface area contributed by atoms with Gasteiger partial charge in [0, 0.05) is 22.7 Å². The maximum Gasteiger partial charge on any atom is 0.419 e. The molecule has 0 saturated carbocycles. The summed E-state index contributed by atoms with van der Waals surface area (Å²) in [5.41, 5.74) is 0.322. The minimum atomic E-state index is -0.732. The molecule has 0 spiro atoms. The lowest BCUT2D eigenvalue weighted by Crippen LogP contribution is -2.26. The number of furan rings is 1. The summed E-state index contributed by atoms with van der Waals surface area (Å²) in [5, 5.41) is 0.186. The Kier molecular flexibility index (Phi) is 5.28. The lowest BCUT2D eigenvalue weighted by molar-refractivity contribution is -0.139. The second-order valence-electron chi connectivity index (χ2n) is 7.40. The molecule has 0 atom stereocenters. The normalized spacial score (nSPS) is 11.5. The van der Waals surface area contributed by atoms with E-state index < -0.39 is 35.7 Å². The maximum atomic E-state index is 14.6. The van der Waals surface area contributed by atoms with Crippen molar-refractivity contribution in [2.45, 2.75) is 32.8 Å². The Bertz CT molecular complexity index is 1100. The van der Waals surface area contributed by atoms with E-state index >= 15 is 0 Å². The summed E-state index contributed by atoms with van der Waals surface area (Å²) in [6.45, 7) is 5.19. The molecule has 0 N–H and O–H groups in total. The van der Waals surface area contributed by atoms with Crippen LogP contribution >= 0.6 is 0 Å². The molecule has 8 heteroatoms. The third-order valence-electron chi connectivity index (χ3n) is 4.09. The van der Waals surface area contributed by atoms with Gasteiger partial charge in [-0.15, -0.1) is 0 Å². The van der Waals surface area contributed by atoms with E-state index in [0.717, 1.165) is 0 Å². The van der Waals surface area contributed by atoms with E-state index in [0.29, 0.717) is 16.6 Å². The molecule has 0 aliphatic rings. The number of aromatic nitrogens is 1. The van der Waals surface area contributed by atoms with Crippen LogP contribution in [0.3, 0.4) is 0 Å². The van der Waals surface area contributed by atoms with Gasteiger partial charge in [-0.1, -0.05) is 6.07 Å². The van der Waals surface area contributed by atoms with E-state index in [4.69, 9.17) is 9.15 Å². The van der Waals surface area contributed by atoms with Gasteiger partial charge in [-0.25, -0.2) is 9.18 Å². The first-order valence-corrected chi connectivity index (χ1v) is 8.82. The van der Waals surface area contributed by atoms with E-state index in [2.05, 4.69) is 4.74 Å². The Hall–Kier alpha value is -3.42. The molecule has 3 aromatic rings. The minimum Gasteiger partial charge on any atom is -0.469 e. The molecule has 2 aromatic heterocycles. The zero-order valence-electron chi connectivity index (χ0n) is 16.4. The number of fused-ring (bicyclic) bond motifs is 1. The Morgan fingerprint density at radius 2 is 1.93 bits per heavy atom.